The molecule has 69 heavy (non-hydrogen) atoms. The van der Waals surface area contributed by atoms with E-state index in [2.05, 4.69) is 62.5 Å². The quantitative estimate of drug-likeness (QED) is 0.0794. The Kier molecular flexibility index (Phi) is 13.0. The van der Waals surface area contributed by atoms with E-state index in [0.29, 0.717) is 18.1 Å². The number of benzene rings is 2. The van der Waals surface area contributed by atoms with Crippen molar-refractivity contribution in [2.24, 2.45) is 14.1 Å². The molecular formula is C51H52N14O3S. The minimum absolute atomic E-state index is 0.0265. The van der Waals surface area contributed by atoms with Gasteiger partial charge >= 0.3 is 0 Å². The highest BCUT2D eigenvalue weighted by Crippen LogP contribution is 2.33. The first-order valence-electron chi connectivity index (χ1n) is 23.2. The predicted molar refractivity (Wildman–Crippen MR) is 263 cm³/mol. The number of sulfonamides is 1. The summed E-state index contributed by atoms with van der Waals surface area (Å²) in [5.74, 6) is 0.984. The number of aryl methyl sites for hydroxylation is 2. The van der Waals surface area contributed by atoms with E-state index in [0.717, 1.165) is 106 Å². The van der Waals surface area contributed by atoms with Gasteiger partial charge in [0.1, 0.15) is 0 Å². The highest BCUT2D eigenvalue weighted by molar-refractivity contribution is 7.92. The third-order valence-corrected chi connectivity index (χ3v) is 14.0. The zero-order valence-corrected chi connectivity index (χ0v) is 39.1. The number of nitrogens with one attached hydrogen (secondary N) is 2. The van der Waals surface area contributed by atoms with E-state index in [4.69, 9.17) is 0 Å². The zero-order chi connectivity index (χ0) is 47.3. The maximum absolute atomic E-state index is 13.1. The summed E-state index contributed by atoms with van der Waals surface area (Å²) in [6.07, 6.45) is 33.2. The van der Waals surface area contributed by atoms with Crippen LogP contribution < -0.4 is 10.0 Å². The number of hydrogen-bond donors (Lipinski definition) is 2. The summed E-state index contributed by atoms with van der Waals surface area (Å²) >= 11 is 0. The molecule has 2 aromatic carbocycles. The Bertz CT molecular complexity index is 3240. The SMILES string of the molecule is Cn1cc(-c2cccc(-c3ncc(-c4cnn(C5CCCC(NC(=O)C=CC=CS(=O)(=O)NC6CCCC(n7cc(-c8cnc(-c9cccc(-c%10cnn(C)c%10)c9)nc8)cn7)C6)C5)c4)cn3)c2)cn1. The third kappa shape index (κ3) is 10.9. The van der Waals surface area contributed by atoms with Crippen LogP contribution in [0.2, 0.25) is 0 Å². The fraction of sp³-hybridized carbons (Fsp3) is 0.275. The van der Waals surface area contributed by atoms with Gasteiger partial charge in [0.25, 0.3) is 0 Å². The summed E-state index contributed by atoms with van der Waals surface area (Å²) in [5.41, 5.74) is 9.48. The lowest BCUT2D eigenvalue weighted by Gasteiger charge is -2.29. The van der Waals surface area contributed by atoms with E-state index < -0.39 is 10.0 Å². The van der Waals surface area contributed by atoms with Gasteiger partial charge in [-0.15, -0.1) is 0 Å². The molecule has 17 nitrogen and oxygen atoms in total. The highest BCUT2D eigenvalue weighted by atomic mass is 32.2. The second kappa shape index (κ2) is 19.9. The lowest BCUT2D eigenvalue weighted by atomic mass is 9.91. The van der Waals surface area contributed by atoms with Crippen LogP contribution in [0.3, 0.4) is 0 Å². The molecule has 6 aromatic heterocycles. The van der Waals surface area contributed by atoms with Gasteiger partial charge in [-0.05, 0) is 80.7 Å². The summed E-state index contributed by atoms with van der Waals surface area (Å²) in [6.45, 7) is 0. The molecule has 350 valence electrons. The molecule has 2 N–H and O–H groups in total. The Labute approximate surface area is 400 Å². The molecule has 0 spiro atoms. The van der Waals surface area contributed by atoms with E-state index >= 15 is 0 Å². The standard InChI is InChI=1S/C51H52N14O3S/c1-62-31-41(27-56-62)35-9-5-11-37(19-35)50-52-23-39(24-53-50)43-29-58-64(33-43)47-15-7-13-45(21-47)60-49(66)17-3-4-18-69(67,68)61-46-14-8-16-48(22-46)65-34-44(30-59-65)40-25-54-51(55-26-40)38-12-6-10-36(20-38)42-28-57-63(2)32-42/h3-6,9-12,17-20,23-34,45-48,61H,7-8,13-16,21-22H2,1-2H3,(H,60,66). The molecule has 4 atom stereocenters. The van der Waals surface area contributed by atoms with Crippen LogP contribution >= 0.6 is 0 Å². The summed E-state index contributed by atoms with van der Waals surface area (Å²) < 4.78 is 36.5. The van der Waals surface area contributed by atoms with Crippen molar-refractivity contribution < 1.29 is 13.2 Å². The van der Waals surface area contributed by atoms with Crippen molar-refractivity contribution in [2.45, 2.75) is 75.5 Å². The molecule has 0 radical (unpaired) electrons. The second-order valence-corrected chi connectivity index (χ2v) is 19.5. The summed E-state index contributed by atoms with van der Waals surface area (Å²) in [7, 11) is 0.0310. The zero-order valence-electron chi connectivity index (χ0n) is 38.3. The highest BCUT2D eigenvalue weighted by Gasteiger charge is 2.27. The van der Waals surface area contributed by atoms with Crippen LogP contribution in [0.5, 0.6) is 0 Å². The van der Waals surface area contributed by atoms with E-state index in [1.807, 2.05) is 116 Å². The fourth-order valence-corrected chi connectivity index (χ4v) is 10.4. The van der Waals surface area contributed by atoms with E-state index in [1.54, 1.807) is 28.0 Å². The summed E-state index contributed by atoms with van der Waals surface area (Å²) in [6, 6.07) is 16.0. The van der Waals surface area contributed by atoms with Crippen LogP contribution in [0.15, 0.2) is 147 Å². The van der Waals surface area contributed by atoms with Gasteiger partial charge in [-0.1, -0.05) is 42.5 Å². The lowest BCUT2D eigenvalue weighted by Crippen LogP contribution is -2.38. The van der Waals surface area contributed by atoms with Crippen LogP contribution in [0.1, 0.15) is 63.5 Å². The fourth-order valence-electron chi connectivity index (χ4n) is 9.30. The molecule has 4 unspecified atom stereocenters. The van der Waals surface area contributed by atoms with Gasteiger partial charge in [-0.25, -0.2) is 33.1 Å². The molecule has 2 fully saturated rings. The number of carbonyl (C=O) groups is 1. The van der Waals surface area contributed by atoms with Crippen molar-refractivity contribution in [3.8, 4) is 67.3 Å². The van der Waals surface area contributed by atoms with Crippen LogP contribution in [0, 0.1) is 0 Å². The van der Waals surface area contributed by atoms with Gasteiger partial charge < -0.3 is 5.32 Å². The van der Waals surface area contributed by atoms with Crippen LogP contribution in [-0.4, -0.2) is 85.5 Å². The first-order chi connectivity index (χ1) is 33.6. The Hall–Kier alpha value is -7.70. The third-order valence-electron chi connectivity index (χ3n) is 12.8. The molecule has 18 heteroatoms. The molecule has 8 aromatic rings. The molecule has 0 bridgehead atoms. The number of nitrogens with zero attached hydrogens (tertiary/aromatic N) is 12. The molecule has 2 saturated carbocycles. The Morgan fingerprint density at radius 2 is 1.01 bits per heavy atom. The lowest BCUT2D eigenvalue weighted by molar-refractivity contribution is -0.117. The van der Waals surface area contributed by atoms with E-state index in [-0.39, 0.29) is 30.1 Å². The molecule has 10 rings (SSSR count). The van der Waals surface area contributed by atoms with Crippen molar-refractivity contribution in [2.75, 3.05) is 0 Å². The molecule has 2 aliphatic carbocycles. The van der Waals surface area contributed by atoms with Gasteiger partial charge in [0.05, 0.1) is 36.9 Å². The van der Waals surface area contributed by atoms with Gasteiger partial charge in [-0.2, -0.15) is 20.4 Å². The number of rotatable bonds is 14. The largest absolute Gasteiger partial charge is 0.350 e. The van der Waals surface area contributed by atoms with Gasteiger partial charge in [-0.3, -0.25) is 23.5 Å². The normalized spacial score (nSPS) is 18.8. The first-order valence-corrected chi connectivity index (χ1v) is 24.7. The van der Waals surface area contributed by atoms with Crippen molar-refractivity contribution in [1.82, 2.24) is 69.1 Å². The van der Waals surface area contributed by atoms with Crippen LogP contribution in [0.25, 0.3) is 67.3 Å². The minimum atomic E-state index is -3.76. The van der Waals surface area contributed by atoms with Gasteiger partial charge in [0.2, 0.25) is 15.9 Å². The molecular weight excluding hydrogens is 889 g/mol. The summed E-state index contributed by atoms with van der Waals surface area (Å²) in [5, 5.41) is 22.1. The molecule has 6 heterocycles. The molecule has 2 aliphatic rings. The van der Waals surface area contributed by atoms with Gasteiger partial charge in [0.15, 0.2) is 11.6 Å². The van der Waals surface area contributed by atoms with Crippen molar-refractivity contribution in [3.63, 3.8) is 0 Å². The number of amides is 1. The smallest absolute Gasteiger partial charge is 0.244 e. The number of aromatic nitrogens is 12. The van der Waals surface area contributed by atoms with Gasteiger partial charge in [0, 0.05) is 132 Å². The monoisotopic (exact) mass is 940 g/mol. The Balaban J connectivity index is 0.683. The molecule has 1 amide bonds. The number of allylic oxidation sites excluding steroid dienone is 2. The molecule has 0 aliphatic heterocycles. The summed E-state index contributed by atoms with van der Waals surface area (Å²) in [4.78, 5) is 31.6. The maximum atomic E-state index is 13.1. The van der Waals surface area contributed by atoms with Crippen LogP contribution in [-0.2, 0) is 28.9 Å². The van der Waals surface area contributed by atoms with Crippen LogP contribution in [0.4, 0.5) is 0 Å². The maximum Gasteiger partial charge on any atom is 0.244 e. The predicted octanol–water partition coefficient (Wildman–Crippen LogP) is 7.90. The molecule has 0 saturated heterocycles. The van der Waals surface area contributed by atoms with Crippen molar-refractivity contribution in [1.29, 1.82) is 0 Å². The first kappa shape index (κ1) is 45.1. The topological polar surface area (TPSA) is 198 Å². The van der Waals surface area contributed by atoms with Crippen molar-refractivity contribution in [3.05, 3.63) is 147 Å². The second-order valence-electron chi connectivity index (χ2n) is 17.9. The van der Waals surface area contributed by atoms with E-state index in [1.165, 1.54) is 18.2 Å². The number of hydrogen-bond acceptors (Lipinski definition) is 11. The number of carbonyl (C=O) groups excluding carboxylic acids is 1. The Morgan fingerprint density at radius 3 is 1.52 bits per heavy atom. The average molecular weight is 941 g/mol. The average Bonchev–Trinajstić information content (AvgIpc) is 4.22. The van der Waals surface area contributed by atoms with E-state index in [9.17, 15) is 13.2 Å². The van der Waals surface area contributed by atoms with Crippen molar-refractivity contribution >= 4 is 15.9 Å². The Morgan fingerprint density at radius 1 is 0.551 bits per heavy atom. The minimum Gasteiger partial charge on any atom is -0.350 e.